The first-order valence-corrected chi connectivity index (χ1v) is 6.18. The molecule has 1 saturated carbocycles. The number of carboxylic acids is 1. The fourth-order valence-corrected chi connectivity index (χ4v) is 2.11. The lowest BCUT2D eigenvalue weighted by Crippen LogP contribution is -2.22. The van der Waals surface area contributed by atoms with Gasteiger partial charge in [-0.25, -0.2) is 9.78 Å². The number of anilines is 2. The zero-order valence-electron chi connectivity index (χ0n) is 10.7. The van der Waals surface area contributed by atoms with Crippen molar-refractivity contribution in [3.8, 4) is 0 Å². The van der Waals surface area contributed by atoms with Crippen LogP contribution >= 0.6 is 0 Å². The minimum absolute atomic E-state index is 0.0149. The maximum Gasteiger partial charge on any atom is 0.354 e. The number of nitrogens with zero attached hydrogens (tertiary/aromatic N) is 1. The average Bonchev–Trinajstić information content (AvgIpc) is 3.08. The standard InChI is InChI=1S/C13H19N3O2/c1-8(2)13(5-6-13)7-15-11-9(14)3-4-10(16-11)12(17)18/h3-4,8H,5-7,14H2,1-2H3,(H,15,16)(H,17,18). The van der Waals surface area contributed by atoms with Gasteiger partial charge in [-0.2, -0.15) is 0 Å². The van der Waals surface area contributed by atoms with E-state index in [-0.39, 0.29) is 5.69 Å². The monoisotopic (exact) mass is 249 g/mol. The van der Waals surface area contributed by atoms with E-state index in [1.54, 1.807) is 6.07 Å². The number of rotatable bonds is 5. The number of carboxylic acid groups (broad SMARTS) is 1. The number of nitrogens with one attached hydrogen (secondary N) is 1. The van der Waals surface area contributed by atoms with Crippen LogP contribution in [-0.4, -0.2) is 22.6 Å². The second-order valence-electron chi connectivity index (χ2n) is 5.31. The summed E-state index contributed by atoms with van der Waals surface area (Å²) >= 11 is 0. The van der Waals surface area contributed by atoms with Gasteiger partial charge in [-0.15, -0.1) is 0 Å². The SMILES string of the molecule is CC(C)C1(CNc2nc(C(=O)O)ccc2N)CC1. The molecule has 5 nitrogen and oxygen atoms in total. The molecule has 0 bridgehead atoms. The summed E-state index contributed by atoms with van der Waals surface area (Å²) in [4.78, 5) is 14.9. The Balaban J connectivity index is 2.09. The minimum Gasteiger partial charge on any atom is -0.477 e. The Labute approximate surface area is 106 Å². The van der Waals surface area contributed by atoms with Crippen LogP contribution in [0.3, 0.4) is 0 Å². The highest BCUT2D eigenvalue weighted by atomic mass is 16.4. The van der Waals surface area contributed by atoms with E-state index in [4.69, 9.17) is 10.8 Å². The van der Waals surface area contributed by atoms with E-state index in [1.807, 2.05) is 0 Å². The first-order valence-electron chi connectivity index (χ1n) is 6.18. The van der Waals surface area contributed by atoms with E-state index in [1.165, 1.54) is 18.9 Å². The van der Waals surface area contributed by atoms with Crippen molar-refractivity contribution >= 4 is 17.5 Å². The van der Waals surface area contributed by atoms with Crippen LogP contribution in [0.4, 0.5) is 11.5 Å². The van der Waals surface area contributed by atoms with E-state index in [0.29, 0.717) is 22.8 Å². The Morgan fingerprint density at radius 1 is 1.56 bits per heavy atom. The van der Waals surface area contributed by atoms with Crippen molar-refractivity contribution in [2.75, 3.05) is 17.6 Å². The Morgan fingerprint density at radius 2 is 2.22 bits per heavy atom. The van der Waals surface area contributed by atoms with Gasteiger partial charge in [0.1, 0.15) is 5.82 Å². The highest BCUT2D eigenvalue weighted by Crippen LogP contribution is 2.51. The summed E-state index contributed by atoms with van der Waals surface area (Å²) in [5.74, 6) is 0.0405. The van der Waals surface area contributed by atoms with Crippen LogP contribution in [0.1, 0.15) is 37.2 Å². The minimum atomic E-state index is -1.04. The third-order valence-corrected chi connectivity index (χ3v) is 3.87. The molecule has 1 aliphatic carbocycles. The highest BCUT2D eigenvalue weighted by Gasteiger charge is 2.45. The third-order valence-electron chi connectivity index (χ3n) is 3.87. The maximum absolute atomic E-state index is 10.9. The van der Waals surface area contributed by atoms with Crippen LogP contribution in [0.2, 0.25) is 0 Å². The maximum atomic E-state index is 10.9. The molecule has 98 valence electrons. The van der Waals surface area contributed by atoms with E-state index in [2.05, 4.69) is 24.1 Å². The molecule has 1 aromatic rings. The molecule has 0 aliphatic heterocycles. The average molecular weight is 249 g/mol. The molecular formula is C13H19N3O2. The van der Waals surface area contributed by atoms with Gasteiger partial charge in [-0.3, -0.25) is 0 Å². The number of nitrogen functional groups attached to an aromatic ring is 1. The topological polar surface area (TPSA) is 88.2 Å². The normalized spacial score (nSPS) is 16.6. The predicted octanol–water partition coefficient (Wildman–Crippen LogP) is 2.21. The molecular weight excluding hydrogens is 230 g/mol. The molecule has 2 rings (SSSR count). The molecule has 0 atom stereocenters. The summed E-state index contributed by atoms with van der Waals surface area (Å²) in [5, 5.41) is 12.1. The summed E-state index contributed by atoms with van der Waals surface area (Å²) in [6.45, 7) is 5.21. The van der Waals surface area contributed by atoms with E-state index < -0.39 is 5.97 Å². The zero-order chi connectivity index (χ0) is 13.3. The number of aromatic nitrogens is 1. The van der Waals surface area contributed by atoms with Gasteiger partial charge in [0, 0.05) is 6.54 Å². The summed E-state index contributed by atoms with van der Waals surface area (Å²) < 4.78 is 0. The van der Waals surface area contributed by atoms with Crippen molar-refractivity contribution in [3.05, 3.63) is 17.8 Å². The lowest BCUT2D eigenvalue weighted by atomic mass is 9.92. The molecule has 1 heterocycles. The van der Waals surface area contributed by atoms with Crippen molar-refractivity contribution in [1.82, 2.24) is 4.98 Å². The summed E-state index contributed by atoms with van der Waals surface area (Å²) in [6, 6.07) is 2.99. The molecule has 4 N–H and O–H groups in total. The predicted molar refractivity (Wildman–Crippen MR) is 70.6 cm³/mol. The van der Waals surface area contributed by atoms with Crippen LogP contribution in [0.5, 0.6) is 0 Å². The zero-order valence-corrected chi connectivity index (χ0v) is 10.7. The van der Waals surface area contributed by atoms with Crippen LogP contribution in [0.25, 0.3) is 0 Å². The molecule has 0 spiro atoms. The molecule has 0 aromatic carbocycles. The van der Waals surface area contributed by atoms with Gasteiger partial charge >= 0.3 is 5.97 Å². The Bertz CT molecular complexity index is 467. The van der Waals surface area contributed by atoms with E-state index in [0.717, 1.165) is 6.54 Å². The number of nitrogens with two attached hydrogens (primary N) is 1. The summed E-state index contributed by atoms with van der Waals surface area (Å²) in [7, 11) is 0. The molecule has 0 saturated heterocycles. The second-order valence-corrected chi connectivity index (χ2v) is 5.31. The Hall–Kier alpha value is -1.78. The number of aromatic carboxylic acids is 1. The van der Waals surface area contributed by atoms with Gasteiger partial charge in [0.2, 0.25) is 0 Å². The first-order chi connectivity index (χ1) is 8.44. The Kier molecular flexibility index (Phi) is 3.15. The number of hydrogen-bond donors (Lipinski definition) is 3. The smallest absolute Gasteiger partial charge is 0.354 e. The van der Waals surface area contributed by atoms with Crippen molar-refractivity contribution in [3.63, 3.8) is 0 Å². The molecule has 0 radical (unpaired) electrons. The van der Waals surface area contributed by atoms with Gasteiger partial charge in [0.15, 0.2) is 5.69 Å². The van der Waals surface area contributed by atoms with Crippen molar-refractivity contribution in [1.29, 1.82) is 0 Å². The van der Waals surface area contributed by atoms with Gasteiger partial charge in [-0.05, 0) is 36.3 Å². The number of pyridine rings is 1. The van der Waals surface area contributed by atoms with Gasteiger partial charge in [-0.1, -0.05) is 13.8 Å². The van der Waals surface area contributed by atoms with Crippen molar-refractivity contribution in [2.45, 2.75) is 26.7 Å². The fraction of sp³-hybridized carbons (Fsp3) is 0.538. The van der Waals surface area contributed by atoms with Gasteiger partial charge in [0.05, 0.1) is 5.69 Å². The lowest BCUT2D eigenvalue weighted by molar-refractivity contribution is 0.0690. The van der Waals surface area contributed by atoms with Crippen LogP contribution in [0.15, 0.2) is 12.1 Å². The molecule has 1 fully saturated rings. The molecule has 0 amide bonds. The lowest BCUT2D eigenvalue weighted by Gasteiger charge is -2.21. The van der Waals surface area contributed by atoms with E-state index in [9.17, 15) is 4.79 Å². The second kappa shape index (κ2) is 4.48. The molecule has 18 heavy (non-hydrogen) atoms. The highest BCUT2D eigenvalue weighted by molar-refractivity contribution is 5.86. The first kappa shape index (κ1) is 12.7. The summed E-state index contributed by atoms with van der Waals surface area (Å²) in [6.07, 6.45) is 2.41. The number of carbonyl (C=O) groups is 1. The van der Waals surface area contributed by atoms with E-state index >= 15 is 0 Å². The van der Waals surface area contributed by atoms with Crippen molar-refractivity contribution in [2.24, 2.45) is 11.3 Å². The quantitative estimate of drug-likeness (QED) is 0.744. The molecule has 0 unspecified atom stereocenters. The molecule has 5 heteroatoms. The fourth-order valence-electron chi connectivity index (χ4n) is 2.11. The third kappa shape index (κ3) is 2.39. The summed E-state index contributed by atoms with van der Waals surface area (Å²) in [5.41, 5.74) is 6.62. The number of hydrogen-bond acceptors (Lipinski definition) is 4. The van der Waals surface area contributed by atoms with Crippen LogP contribution < -0.4 is 11.1 Å². The van der Waals surface area contributed by atoms with Crippen molar-refractivity contribution < 1.29 is 9.90 Å². The van der Waals surface area contributed by atoms with Crippen LogP contribution in [-0.2, 0) is 0 Å². The van der Waals surface area contributed by atoms with Gasteiger partial charge < -0.3 is 16.2 Å². The van der Waals surface area contributed by atoms with Crippen LogP contribution in [0, 0.1) is 11.3 Å². The largest absolute Gasteiger partial charge is 0.477 e. The molecule has 1 aromatic heterocycles. The molecule has 1 aliphatic rings. The Morgan fingerprint density at radius 3 is 2.72 bits per heavy atom. The van der Waals surface area contributed by atoms with Gasteiger partial charge in [0.25, 0.3) is 0 Å².